The van der Waals surface area contributed by atoms with E-state index in [2.05, 4.69) is 54.2 Å². The Labute approximate surface area is 118 Å². The van der Waals surface area contributed by atoms with E-state index >= 15 is 0 Å². The highest BCUT2D eigenvalue weighted by molar-refractivity contribution is 7.07. The smallest absolute Gasteiger partial charge is 0.304 e. The van der Waals surface area contributed by atoms with Crippen molar-refractivity contribution in [3.8, 4) is 0 Å². The molecule has 0 saturated carbocycles. The molecule has 2 N–H and O–H groups in total. The lowest BCUT2D eigenvalue weighted by Gasteiger charge is -2.16. The summed E-state index contributed by atoms with van der Waals surface area (Å²) in [6.45, 7) is 8.59. The van der Waals surface area contributed by atoms with E-state index in [1.807, 2.05) is 5.38 Å². The topological polar surface area (TPSA) is 44.9 Å². The maximum Gasteiger partial charge on any atom is 0.304 e. The third-order valence-corrected chi connectivity index (χ3v) is 5.82. The van der Waals surface area contributed by atoms with Crippen LogP contribution >= 0.6 is 11.3 Å². The first-order chi connectivity index (χ1) is 8.95. The van der Waals surface area contributed by atoms with E-state index in [1.165, 1.54) is 22.1 Å². The maximum absolute atomic E-state index is 11.0. The summed E-state index contributed by atoms with van der Waals surface area (Å²) in [5.74, 6) is 0. The molecule has 5 heteroatoms. The number of hydrogen-bond donors (Lipinski definition) is 2. The zero-order valence-electron chi connectivity index (χ0n) is 11.6. The van der Waals surface area contributed by atoms with Gasteiger partial charge in [0.15, 0.2) is 0 Å². The lowest BCUT2D eigenvalue weighted by atomic mass is 10.2. The SMILES string of the molecule is C[Si](C)(C)c1ccc(CNCc2csc(=O)[nH]2)cc1. The van der Waals surface area contributed by atoms with Gasteiger partial charge in [0.2, 0.25) is 0 Å². The first-order valence-corrected chi connectivity index (χ1v) is 10.8. The molecule has 0 fully saturated rings. The second kappa shape index (κ2) is 5.86. The highest BCUT2D eigenvalue weighted by Crippen LogP contribution is 2.05. The Morgan fingerprint density at radius 3 is 2.37 bits per heavy atom. The van der Waals surface area contributed by atoms with E-state index in [9.17, 15) is 4.79 Å². The third-order valence-electron chi connectivity index (χ3n) is 3.04. The van der Waals surface area contributed by atoms with Gasteiger partial charge in [0.25, 0.3) is 0 Å². The van der Waals surface area contributed by atoms with E-state index in [1.54, 1.807) is 0 Å². The first kappa shape index (κ1) is 14.2. The molecule has 0 atom stereocenters. The van der Waals surface area contributed by atoms with E-state index in [0.29, 0.717) is 6.54 Å². The second-order valence-corrected chi connectivity index (χ2v) is 11.6. The molecule has 1 aromatic carbocycles. The summed E-state index contributed by atoms with van der Waals surface area (Å²) in [7, 11) is -1.20. The highest BCUT2D eigenvalue weighted by atomic mass is 32.1. The molecule has 0 aliphatic carbocycles. The Balaban J connectivity index is 1.88. The van der Waals surface area contributed by atoms with Gasteiger partial charge in [-0.1, -0.05) is 60.4 Å². The van der Waals surface area contributed by atoms with Crippen molar-refractivity contribution in [1.82, 2.24) is 10.3 Å². The number of aromatic nitrogens is 1. The summed E-state index contributed by atoms with van der Waals surface area (Å²) < 4.78 is 0. The average Bonchev–Trinajstić information content (AvgIpc) is 2.75. The predicted octanol–water partition coefficient (Wildman–Crippen LogP) is 2.27. The zero-order chi connectivity index (χ0) is 13.9. The number of hydrogen-bond acceptors (Lipinski definition) is 3. The van der Waals surface area contributed by atoms with Gasteiger partial charge in [-0.05, 0) is 5.56 Å². The molecule has 1 aromatic heterocycles. The summed E-state index contributed by atoms with van der Waals surface area (Å²) in [6.07, 6.45) is 0. The summed E-state index contributed by atoms with van der Waals surface area (Å²) in [5.41, 5.74) is 2.23. The van der Waals surface area contributed by atoms with E-state index in [0.717, 1.165) is 12.2 Å². The largest absolute Gasteiger partial charge is 0.315 e. The standard InChI is InChI=1S/C14H20N2OSSi/c1-19(2,3)13-6-4-11(5-7-13)8-15-9-12-10-18-14(17)16-12/h4-7,10,15H,8-9H2,1-3H3,(H,16,17). The molecule has 0 saturated heterocycles. The Morgan fingerprint density at radius 1 is 1.16 bits per heavy atom. The van der Waals surface area contributed by atoms with Crippen LogP contribution in [-0.2, 0) is 13.1 Å². The number of thiazole rings is 1. The molecule has 0 spiro atoms. The van der Waals surface area contributed by atoms with Gasteiger partial charge in [-0.3, -0.25) is 4.79 Å². The fourth-order valence-corrected chi connectivity index (χ4v) is 3.61. The van der Waals surface area contributed by atoms with Crippen molar-refractivity contribution in [1.29, 1.82) is 0 Å². The number of benzene rings is 1. The average molecular weight is 292 g/mol. The van der Waals surface area contributed by atoms with E-state index < -0.39 is 8.07 Å². The molecule has 1 heterocycles. The highest BCUT2D eigenvalue weighted by Gasteiger charge is 2.15. The van der Waals surface area contributed by atoms with Crippen LogP contribution in [0.15, 0.2) is 34.4 Å². The molecule has 0 aliphatic heterocycles. The molecular formula is C14H20N2OSSi. The predicted molar refractivity (Wildman–Crippen MR) is 84.9 cm³/mol. The van der Waals surface area contributed by atoms with Crippen LogP contribution in [0.3, 0.4) is 0 Å². The second-order valence-electron chi connectivity index (χ2n) is 5.72. The molecule has 19 heavy (non-hydrogen) atoms. The van der Waals surface area contributed by atoms with Crippen molar-refractivity contribution in [2.45, 2.75) is 32.7 Å². The van der Waals surface area contributed by atoms with Crippen LogP contribution in [0.2, 0.25) is 19.6 Å². The van der Waals surface area contributed by atoms with Crippen molar-refractivity contribution in [2.24, 2.45) is 0 Å². The fourth-order valence-electron chi connectivity index (χ4n) is 1.86. The molecule has 0 bridgehead atoms. The summed E-state index contributed by atoms with van der Waals surface area (Å²) in [5, 5.41) is 6.69. The molecule has 0 amide bonds. The molecule has 102 valence electrons. The molecule has 2 rings (SSSR count). The molecule has 2 aromatic rings. The van der Waals surface area contributed by atoms with Gasteiger partial charge in [-0.2, -0.15) is 0 Å². The van der Waals surface area contributed by atoms with Crippen molar-refractivity contribution in [3.63, 3.8) is 0 Å². The van der Waals surface area contributed by atoms with Crippen molar-refractivity contribution in [2.75, 3.05) is 0 Å². The fraction of sp³-hybridized carbons (Fsp3) is 0.357. The Morgan fingerprint density at radius 2 is 1.84 bits per heavy atom. The van der Waals surface area contributed by atoms with Crippen molar-refractivity contribution in [3.05, 3.63) is 50.6 Å². The summed E-state index contributed by atoms with van der Waals surface area (Å²) in [6, 6.07) is 8.87. The van der Waals surface area contributed by atoms with Crippen molar-refractivity contribution >= 4 is 24.6 Å². The lowest BCUT2D eigenvalue weighted by molar-refractivity contribution is 0.682. The number of nitrogens with one attached hydrogen (secondary N) is 2. The van der Waals surface area contributed by atoms with Crippen LogP contribution in [0.5, 0.6) is 0 Å². The van der Waals surface area contributed by atoms with Crippen LogP contribution in [0, 0.1) is 0 Å². The van der Waals surface area contributed by atoms with Crippen LogP contribution in [-0.4, -0.2) is 13.1 Å². The lowest BCUT2D eigenvalue weighted by Crippen LogP contribution is -2.37. The number of aromatic amines is 1. The van der Waals surface area contributed by atoms with Crippen molar-refractivity contribution < 1.29 is 0 Å². The van der Waals surface area contributed by atoms with Gasteiger partial charge in [-0.25, -0.2) is 0 Å². The Hall–Kier alpha value is -1.17. The Bertz CT molecular complexity index is 580. The van der Waals surface area contributed by atoms with Gasteiger partial charge < -0.3 is 10.3 Å². The van der Waals surface area contributed by atoms with Crippen LogP contribution in [0.4, 0.5) is 0 Å². The van der Waals surface area contributed by atoms with Crippen LogP contribution in [0.25, 0.3) is 0 Å². The maximum atomic E-state index is 11.0. The molecule has 3 nitrogen and oxygen atoms in total. The van der Waals surface area contributed by atoms with Gasteiger partial charge >= 0.3 is 4.87 Å². The molecular weight excluding hydrogens is 272 g/mol. The van der Waals surface area contributed by atoms with Gasteiger partial charge in [-0.15, -0.1) is 0 Å². The quantitative estimate of drug-likeness (QED) is 0.830. The number of rotatable bonds is 5. The molecule has 0 unspecified atom stereocenters. The third kappa shape index (κ3) is 4.16. The van der Waals surface area contributed by atoms with Gasteiger partial charge in [0, 0.05) is 24.2 Å². The van der Waals surface area contributed by atoms with Crippen LogP contribution < -0.4 is 15.4 Å². The summed E-state index contributed by atoms with van der Waals surface area (Å²) >= 11 is 1.21. The van der Waals surface area contributed by atoms with Gasteiger partial charge in [0.05, 0.1) is 8.07 Å². The minimum atomic E-state index is -1.20. The molecule has 0 radical (unpaired) electrons. The van der Waals surface area contributed by atoms with E-state index in [4.69, 9.17) is 0 Å². The Kier molecular flexibility index (Phi) is 4.39. The minimum Gasteiger partial charge on any atom is -0.315 e. The summed E-state index contributed by atoms with van der Waals surface area (Å²) in [4.78, 5) is 13.8. The number of H-pyrrole nitrogens is 1. The van der Waals surface area contributed by atoms with E-state index in [-0.39, 0.29) is 4.87 Å². The normalized spacial score (nSPS) is 11.7. The molecule has 0 aliphatic rings. The zero-order valence-corrected chi connectivity index (χ0v) is 13.4. The first-order valence-electron chi connectivity index (χ1n) is 6.42. The monoisotopic (exact) mass is 292 g/mol. The minimum absolute atomic E-state index is 0.0105. The van der Waals surface area contributed by atoms with Crippen LogP contribution in [0.1, 0.15) is 11.3 Å². The van der Waals surface area contributed by atoms with Gasteiger partial charge in [0.1, 0.15) is 0 Å².